The van der Waals surface area contributed by atoms with Crippen molar-refractivity contribution in [3.05, 3.63) is 41.5 Å². The van der Waals surface area contributed by atoms with Crippen LogP contribution in [0.4, 0.5) is 0 Å². The van der Waals surface area contributed by atoms with Crippen LogP contribution in [-0.2, 0) is 6.42 Å². The Morgan fingerprint density at radius 2 is 2.19 bits per heavy atom. The summed E-state index contributed by atoms with van der Waals surface area (Å²) in [6.45, 7) is 4.01. The maximum atomic E-state index is 9.11. The summed E-state index contributed by atoms with van der Waals surface area (Å²) in [5.41, 5.74) is 2.66. The fraction of sp³-hybridized carbons (Fsp3) is 0.467. The maximum absolute atomic E-state index is 9.11. The number of hydrogen-bond donors (Lipinski definition) is 1. The summed E-state index contributed by atoms with van der Waals surface area (Å²) in [7, 11) is 0. The van der Waals surface area contributed by atoms with Crippen LogP contribution >= 0.6 is 0 Å². The fourth-order valence-corrected chi connectivity index (χ4v) is 1.67. The van der Waals surface area contributed by atoms with Crippen molar-refractivity contribution in [3.63, 3.8) is 0 Å². The molecule has 0 amide bonds. The van der Waals surface area contributed by atoms with Crippen molar-refractivity contribution in [2.45, 2.75) is 45.6 Å². The molecule has 1 atom stereocenters. The van der Waals surface area contributed by atoms with Crippen molar-refractivity contribution in [1.82, 2.24) is 0 Å². The summed E-state index contributed by atoms with van der Waals surface area (Å²) in [6, 6.07) is 8.62. The Morgan fingerprint density at radius 3 is 2.88 bits per heavy atom. The van der Waals surface area contributed by atoms with E-state index in [-0.39, 0.29) is 6.10 Å². The molecule has 16 heavy (non-hydrogen) atoms. The predicted octanol–water partition coefficient (Wildman–Crippen LogP) is 3.81. The minimum atomic E-state index is -0.170. The molecule has 0 radical (unpaired) electrons. The first-order chi connectivity index (χ1) is 7.72. The summed E-state index contributed by atoms with van der Waals surface area (Å²) >= 11 is 0. The van der Waals surface area contributed by atoms with Gasteiger partial charge in [0.25, 0.3) is 0 Å². The van der Waals surface area contributed by atoms with E-state index in [4.69, 9.17) is 5.11 Å². The second kappa shape index (κ2) is 7.24. The van der Waals surface area contributed by atoms with E-state index in [9.17, 15) is 0 Å². The average molecular weight is 218 g/mol. The molecule has 0 saturated heterocycles. The van der Waals surface area contributed by atoms with E-state index in [0.717, 1.165) is 25.7 Å². The Kier molecular flexibility index (Phi) is 5.87. The lowest BCUT2D eigenvalue weighted by molar-refractivity contribution is 0.182. The Labute approximate surface area is 98.8 Å². The molecule has 0 spiro atoms. The van der Waals surface area contributed by atoms with Crippen LogP contribution in [0.15, 0.2) is 30.3 Å². The third kappa shape index (κ3) is 5.13. The van der Waals surface area contributed by atoms with Gasteiger partial charge < -0.3 is 5.11 Å². The molecule has 0 fully saturated rings. The molecule has 0 heterocycles. The molecule has 1 aromatic carbocycles. The highest BCUT2D eigenvalue weighted by atomic mass is 16.3. The summed E-state index contributed by atoms with van der Waals surface area (Å²) in [6.07, 6.45) is 8.27. The van der Waals surface area contributed by atoms with Gasteiger partial charge in [-0.1, -0.05) is 43.3 Å². The van der Waals surface area contributed by atoms with Crippen LogP contribution in [0.5, 0.6) is 0 Å². The Morgan fingerprint density at radius 1 is 1.38 bits per heavy atom. The van der Waals surface area contributed by atoms with Gasteiger partial charge in [-0.25, -0.2) is 0 Å². The molecule has 0 aliphatic rings. The summed E-state index contributed by atoms with van der Waals surface area (Å²) < 4.78 is 0. The number of hydrogen-bond acceptors (Lipinski definition) is 1. The molecule has 1 nitrogen and oxygen atoms in total. The SMILES string of the molecule is CCc1cccc(/C=C/CCC[C@H](C)O)c1. The second-order valence-corrected chi connectivity index (χ2v) is 4.28. The van der Waals surface area contributed by atoms with Gasteiger partial charge >= 0.3 is 0 Å². The van der Waals surface area contributed by atoms with Gasteiger partial charge in [-0.15, -0.1) is 0 Å². The van der Waals surface area contributed by atoms with Gasteiger partial charge in [0.1, 0.15) is 0 Å². The third-order valence-corrected chi connectivity index (χ3v) is 2.66. The minimum absolute atomic E-state index is 0.170. The molecule has 1 rings (SSSR count). The largest absolute Gasteiger partial charge is 0.393 e. The molecule has 1 aromatic rings. The van der Waals surface area contributed by atoms with Crippen LogP contribution < -0.4 is 0 Å². The van der Waals surface area contributed by atoms with E-state index in [0.29, 0.717) is 0 Å². The second-order valence-electron chi connectivity index (χ2n) is 4.28. The first kappa shape index (κ1) is 13.0. The smallest absolute Gasteiger partial charge is 0.0512 e. The quantitative estimate of drug-likeness (QED) is 0.720. The van der Waals surface area contributed by atoms with Crippen LogP contribution in [0, 0.1) is 0 Å². The highest BCUT2D eigenvalue weighted by Gasteiger charge is 1.93. The molecule has 0 aliphatic heterocycles. The van der Waals surface area contributed by atoms with Crippen LogP contribution in [0.3, 0.4) is 0 Å². The molecule has 1 heteroatoms. The number of aliphatic hydroxyl groups excluding tert-OH is 1. The number of allylic oxidation sites excluding steroid dienone is 1. The van der Waals surface area contributed by atoms with Crippen molar-refractivity contribution in [1.29, 1.82) is 0 Å². The van der Waals surface area contributed by atoms with Crippen LogP contribution in [0.25, 0.3) is 6.08 Å². The standard InChI is InChI=1S/C15H22O/c1-3-14-10-7-11-15(12-14)9-6-4-5-8-13(2)16/h6-7,9-13,16H,3-5,8H2,1-2H3/b9-6+/t13-/m0/s1. The lowest BCUT2D eigenvalue weighted by atomic mass is 10.1. The van der Waals surface area contributed by atoms with Crippen molar-refractivity contribution >= 4 is 6.08 Å². The Balaban J connectivity index is 2.37. The maximum Gasteiger partial charge on any atom is 0.0512 e. The summed E-state index contributed by atoms with van der Waals surface area (Å²) in [5, 5.41) is 9.11. The van der Waals surface area contributed by atoms with E-state index in [1.807, 2.05) is 6.92 Å². The fourth-order valence-electron chi connectivity index (χ4n) is 1.67. The van der Waals surface area contributed by atoms with Crippen molar-refractivity contribution in [2.75, 3.05) is 0 Å². The molecule has 0 unspecified atom stereocenters. The monoisotopic (exact) mass is 218 g/mol. The average Bonchev–Trinajstić information content (AvgIpc) is 2.28. The zero-order chi connectivity index (χ0) is 11.8. The van der Waals surface area contributed by atoms with Crippen molar-refractivity contribution in [2.24, 2.45) is 0 Å². The lowest BCUT2D eigenvalue weighted by Gasteiger charge is -2.01. The van der Waals surface area contributed by atoms with Gasteiger partial charge in [-0.05, 0) is 43.7 Å². The molecule has 0 aliphatic carbocycles. The molecule has 88 valence electrons. The zero-order valence-corrected chi connectivity index (χ0v) is 10.3. The number of aryl methyl sites for hydroxylation is 1. The van der Waals surface area contributed by atoms with Gasteiger partial charge in [0.2, 0.25) is 0 Å². The van der Waals surface area contributed by atoms with Crippen molar-refractivity contribution < 1.29 is 5.11 Å². The zero-order valence-electron chi connectivity index (χ0n) is 10.3. The van der Waals surface area contributed by atoms with Crippen molar-refractivity contribution in [3.8, 4) is 0 Å². The highest BCUT2D eigenvalue weighted by Crippen LogP contribution is 2.09. The van der Waals surface area contributed by atoms with Crippen LogP contribution in [0.1, 0.15) is 44.2 Å². The number of aliphatic hydroxyl groups is 1. The van der Waals surface area contributed by atoms with Gasteiger partial charge in [-0.2, -0.15) is 0 Å². The van der Waals surface area contributed by atoms with E-state index in [2.05, 4.69) is 43.3 Å². The van der Waals surface area contributed by atoms with Gasteiger partial charge in [0.15, 0.2) is 0 Å². The first-order valence-corrected chi connectivity index (χ1v) is 6.16. The van der Waals surface area contributed by atoms with E-state index in [1.165, 1.54) is 11.1 Å². The van der Waals surface area contributed by atoms with E-state index in [1.54, 1.807) is 0 Å². The van der Waals surface area contributed by atoms with Gasteiger partial charge in [0.05, 0.1) is 6.10 Å². The van der Waals surface area contributed by atoms with Gasteiger partial charge in [0, 0.05) is 0 Å². The van der Waals surface area contributed by atoms with Crippen LogP contribution in [0.2, 0.25) is 0 Å². The first-order valence-electron chi connectivity index (χ1n) is 6.16. The topological polar surface area (TPSA) is 20.2 Å². The predicted molar refractivity (Wildman–Crippen MR) is 70.4 cm³/mol. The Hall–Kier alpha value is -1.08. The van der Waals surface area contributed by atoms with E-state index < -0.39 is 0 Å². The third-order valence-electron chi connectivity index (χ3n) is 2.66. The summed E-state index contributed by atoms with van der Waals surface area (Å²) in [5.74, 6) is 0. The number of rotatable bonds is 6. The van der Waals surface area contributed by atoms with Gasteiger partial charge in [-0.3, -0.25) is 0 Å². The summed E-state index contributed by atoms with van der Waals surface area (Å²) in [4.78, 5) is 0. The molecule has 0 aromatic heterocycles. The molecular formula is C15H22O. The van der Waals surface area contributed by atoms with E-state index >= 15 is 0 Å². The Bertz CT molecular complexity index is 326. The highest BCUT2D eigenvalue weighted by molar-refractivity contribution is 5.50. The van der Waals surface area contributed by atoms with Crippen LogP contribution in [-0.4, -0.2) is 11.2 Å². The molecule has 1 N–H and O–H groups in total. The number of unbranched alkanes of at least 4 members (excludes halogenated alkanes) is 1. The lowest BCUT2D eigenvalue weighted by Crippen LogP contribution is -1.97. The minimum Gasteiger partial charge on any atom is -0.393 e. The number of benzene rings is 1. The molecule has 0 bridgehead atoms. The molecular weight excluding hydrogens is 196 g/mol. The normalized spacial score (nSPS) is 13.2. The molecule has 0 saturated carbocycles.